The number of piperazine rings is 1. The van der Waals surface area contributed by atoms with Crippen molar-refractivity contribution < 1.29 is 9.32 Å². The lowest BCUT2D eigenvalue weighted by atomic mass is 10.1. The van der Waals surface area contributed by atoms with Gasteiger partial charge in [0.15, 0.2) is 5.82 Å². The highest BCUT2D eigenvalue weighted by Gasteiger charge is 2.24. The quantitative estimate of drug-likeness (QED) is 0.657. The van der Waals surface area contributed by atoms with E-state index in [1.807, 2.05) is 24.8 Å². The fraction of sp³-hybridized carbons (Fsp3) is 0.412. The van der Waals surface area contributed by atoms with Gasteiger partial charge in [0.05, 0.1) is 12.1 Å². The van der Waals surface area contributed by atoms with Gasteiger partial charge in [0, 0.05) is 37.8 Å². The zero-order chi connectivity index (χ0) is 18.8. The van der Waals surface area contributed by atoms with E-state index in [0.29, 0.717) is 44.2 Å². The zero-order valence-electron chi connectivity index (χ0n) is 15.2. The number of rotatable bonds is 4. The molecule has 0 spiro atoms. The highest BCUT2D eigenvalue weighted by molar-refractivity contribution is 5.79. The Morgan fingerprint density at radius 1 is 1.11 bits per heavy atom. The molecule has 0 N–H and O–H groups in total. The number of nitrogens with zero attached hydrogens (tertiary/aromatic N) is 8. The molecule has 4 heterocycles. The lowest BCUT2D eigenvalue weighted by Crippen LogP contribution is -2.49. The lowest BCUT2D eigenvalue weighted by molar-refractivity contribution is -0.130. The van der Waals surface area contributed by atoms with Crippen molar-refractivity contribution in [1.29, 1.82) is 0 Å². The van der Waals surface area contributed by atoms with Crippen LogP contribution in [0.15, 0.2) is 29.6 Å². The van der Waals surface area contributed by atoms with Crippen LogP contribution in [0.25, 0.3) is 5.82 Å². The highest BCUT2D eigenvalue weighted by atomic mass is 16.5. The number of hydrogen-bond acceptors (Lipinski definition) is 8. The van der Waals surface area contributed by atoms with Crippen LogP contribution in [0.4, 0.5) is 5.82 Å². The smallest absolute Gasteiger partial charge is 0.227 e. The fourth-order valence-electron chi connectivity index (χ4n) is 3.16. The van der Waals surface area contributed by atoms with Crippen molar-refractivity contribution in [2.45, 2.75) is 20.3 Å². The monoisotopic (exact) mass is 368 g/mol. The minimum atomic E-state index is 0.0926. The molecule has 0 aromatic carbocycles. The third-order valence-corrected chi connectivity index (χ3v) is 4.76. The predicted octanol–water partition coefficient (Wildman–Crippen LogP) is 0.553. The van der Waals surface area contributed by atoms with Crippen LogP contribution in [0.1, 0.15) is 17.0 Å². The van der Waals surface area contributed by atoms with Crippen molar-refractivity contribution in [3.63, 3.8) is 0 Å². The Labute approximate surface area is 155 Å². The molecule has 1 aliphatic rings. The molecule has 10 heteroatoms. The largest absolute Gasteiger partial charge is 0.361 e. The Morgan fingerprint density at radius 2 is 1.89 bits per heavy atom. The average molecular weight is 368 g/mol. The minimum absolute atomic E-state index is 0.0926. The third-order valence-electron chi connectivity index (χ3n) is 4.76. The number of hydrogen-bond donors (Lipinski definition) is 0. The van der Waals surface area contributed by atoms with Gasteiger partial charge in [-0.05, 0) is 13.8 Å². The van der Waals surface area contributed by atoms with E-state index in [4.69, 9.17) is 4.52 Å². The summed E-state index contributed by atoms with van der Waals surface area (Å²) in [7, 11) is 0. The van der Waals surface area contributed by atoms with Gasteiger partial charge >= 0.3 is 0 Å². The topological polar surface area (TPSA) is 106 Å². The molecule has 3 aromatic heterocycles. The van der Waals surface area contributed by atoms with Crippen molar-refractivity contribution in [1.82, 2.24) is 34.8 Å². The molecule has 3 aromatic rings. The van der Waals surface area contributed by atoms with Crippen molar-refractivity contribution in [3.05, 3.63) is 42.1 Å². The van der Waals surface area contributed by atoms with E-state index in [-0.39, 0.29) is 5.91 Å². The van der Waals surface area contributed by atoms with Gasteiger partial charge in [0.1, 0.15) is 30.6 Å². The Bertz CT molecular complexity index is 909. The first-order chi connectivity index (χ1) is 13.1. The Hall–Kier alpha value is -3.30. The SMILES string of the molecule is Cc1noc(C)c1CC(=O)N1CCN(c2cc(-n3cncn3)ncn2)CC1. The van der Waals surface area contributed by atoms with Crippen molar-refractivity contribution in [3.8, 4) is 5.82 Å². The van der Waals surface area contributed by atoms with Crippen molar-refractivity contribution >= 4 is 11.7 Å². The number of carbonyl (C=O) groups excluding carboxylic acids is 1. The fourth-order valence-corrected chi connectivity index (χ4v) is 3.16. The predicted molar refractivity (Wildman–Crippen MR) is 95.4 cm³/mol. The normalized spacial score (nSPS) is 14.6. The molecular weight excluding hydrogens is 348 g/mol. The third kappa shape index (κ3) is 3.50. The molecule has 1 aliphatic heterocycles. The van der Waals surface area contributed by atoms with Crippen LogP contribution >= 0.6 is 0 Å². The van der Waals surface area contributed by atoms with Crippen LogP contribution < -0.4 is 4.90 Å². The van der Waals surface area contributed by atoms with Crippen LogP contribution in [0.5, 0.6) is 0 Å². The summed E-state index contributed by atoms with van der Waals surface area (Å²) in [5.74, 6) is 2.28. The van der Waals surface area contributed by atoms with E-state index in [0.717, 1.165) is 17.1 Å². The first kappa shape index (κ1) is 17.1. The van der Waals surface area contributed by atoms with Crippen LogP contribution in [-0.2, 0) is 11.2 Å². The number of aromatic nitrogens is 6. The first-order valence-electron chi connectivity index (χ1n) is 8.73. The van der Waals surface area contributed by atoms with Gasteiger partial charge in [-0.15, -0.1) is 0 Å². The number of carbonyl (C=O) groups is 1. The molecule has 0 bridgehead atoms. The molecule has 0 aliphatic carbocycles. The number of amides is 1. The van der Waals surface area contributed by atoms with Gasteiger partial charge in [0.2, 0.25) is 5.91 Å². The Morgan fingerprint density at radius 3 is 2.56 bits per heavy atom. The van der Waals surface area contributed by atoms with E-state index >= 15 is 0 Å². The van der Waals surface area contributed by atoms with Crippen LogP contribution in [-0.4, -0.2) is 66.9 Å². The van der Waals surface area contributed by atoms with Gasteiger partial charge < -0.3 is 14.3 Å². The van der Waals surface area contributed by atoms with Crippen LogP contribution in [0, 0.1) is 13.8 Å². The van der Waals surface area contributed by atoms with E-state index in [2.05, 4.69) is 30.1 Å². The molecular formula is C17H20N8O2. The molecule has 4 rings (SSSR count). The Balaban J connectivity index is 1.39. The molecule has 27 heavy (non-hydrogen) atoms. The first-order valence-corrected chi connectivity index (χ1v) is 8.73. The molecule has 1 amide bonds. The summed E-state index contributed by atoms with van der Waals surface area (Å²) in [5.41, 5.74) is 1.66. The van der Waals surface area contributed by atoms with E-state index < -0.39 is 0 Å². The second-order valence-electron chi connectivity index (χ2n) is 6.42. The number of anilines is 1. The molecule has 10 nitrogen and oxygen atoms in total. The second-order valence-corrected chi connectivity index (χ2v) is 6.42. The van der Waals surface area contributed by atoms with E-state index in [1.54, 1.807) is 11.0 Å². The van der Waals surface area contributed by atoms with Gasteiger partial charge in [-0.2, -0.15) is 5.10 Å². The van der Waals surface area contributed by atoms with Gasteiger partial charge in [-0.1, -0.05) is 5.16 Å². The highest BCUT2D eigenvalue weighted by Crippen LogP contribution is 2.18. The van der Waals surface area contributed by atoms with Crippen LogP contribution in [0.3, 0.4) is 0 Å². The molecule has 0 radical (unpaired) electrons. The second kappa shape index (κ2) is 7.14. The molecule has 1 saturated heterocycles. The van der Waals surface area contributed by atoms with Gasteiger partial charge in [-0.25, -0.2) is 19.6 Å². The number of aryl methyl sites for hydroxylation is 2. The summed E-state index contributed by atoms with van der Waals surface area (Å²) in [6.07, 6.45) is 4.90. The summed E-state index contributed by atoms with van der Waals surface area (Å²) < 4.78 is 6.74. The standard InChI is InChI=1S/C17H20N8O2/c1-12-14(13(2)27-22-12)7-17(26)24-5-3-23(4-6-24)15-8-16(20-10-19-15)25-11-18-9-21-25/h8-11H,3-7H2,1-2H3. The zero-order valence-corrected chi connectivity index (χ0v) is 15.2. The molecule has 140 valence electrons. The molecule has 1 fully saturated rings. The lowest BCUT2D eigenvalue weighted by Gasteiger charge is -2.35. The van der Waals surface area contributed by atoms with Crippen molar-refractivity contribution in [2.24, 2.45) is 0 Å². The maximum atomic E-state index is 12.6. The summed E-state index contributed by atoms with van der Waals surface area (Å²) in [5, 5.41) is 8.00. The van der Waals surface area contributed by atoms with Gasteiger partial charge in [0.25, 0.3) is 0 Å². The van der Waals surface area contributed by atoms with Gasteiger partial charge in [-0.3, -0.25) is 4.79 Å². The molecule has 0 atom stereocenters. The van der Waals surface area contributed by atoms with Crippen molar-refractivity contribution in [2.75, 3.05) is 31.1 Å². The Kier molecular flexibility index (Phi) is 4.53. The summed E-state index contributed by atoms with van der Waals surface area (Å²) in [4.78, 5) is 29.1. The van der Waals surface area contributed by atoms with E-state index in [9.17, 15) is 4.79 Å². The average Bonchev–Trinajstić information content (AvgIpc) is 3.34. The summed E-state index contributed by atoms with van der Waals surface area (Å²) in [6.45, 7) is 6.40. The minimum Gasteiger partial charge on any atom is -0.361 e. The summed E-state index contributed by atoms with van der Waals surface area (Å²) >= 11 is 0. The maximum Gasteiger partial charge on any atom is 0.227 e. The molecule has 0 saturated carbocycles. The van der Waals surface area contributed by atoms with E-state index in [1.165, 1.54) is 12.7 Å². The summed E-state index contributed by atoms with van der Waals surface area (Å²) in [6, 6.07) is 1.87. The molecule has 0 unspecified atom stereocenters. The maximum absolute atomic E-state index is 12.6. The van der Waals surface area contributed by atoms with Crippen LogP contribution in [0.2, 0.25) is 0 Å².